The van der Waals surface area contributed by atoms with Crippen LogP contribution >= 0.6 is 0 Å². The van der Waals surface area contributed by atoms with Crippen molar-refractivity contribution in [3.8, 4) is 0 Å². The zero-order valence-electron chi connectivity index (χ0n) is 11.1. The molecule has 0 aliphatic carbocycles. The molecule has 0 aliphatic rings. The van der Waals surface area contributed by atoms with Gasteiger partial charge in [-0.15, -0.1) is 0 Å². The van der Waals surface area contributed by atoms with E-state index < -0.39 is 17.5 Å². The van der Waals surface area contributed by atoms with Crippen molar-refractivity contribution >= 4 is 17.3 Å². The fourth-order valence-electron chi connectivity index (χ4n) is 1.89. The Labute approximate surface area is 114 Å². The summed E-state index contributed by atoms with van der Waals surface area (Å²) in [6.45, 7) is 1.87. The molecule has 1 heterocycles. The number of carbonyl (C=O) groups excluding carboxylic acids is 1. The Hall–Kier alpha value is -2.44. The highest BCUT2D eigenvalue weighted by Gasteiger charge is 2.19. The Kier molecular flexibility index (Phi) is 3.69. The normalized spacial score (nSPS) is 10.6. The van der Waals surface area contributed by atoms with Crippen molar-refractivity contribution in [1.82, 2.24) is 9.78 Å². The Morgan fingerprint density at radius 3 is 2.65 bits per heavy atom. The van der Waals surface area contributed by atoms with Gasteiger partial charge in [0.25, 0.3) is 5.91 Å². The molecule has 106 valence electrons. The number of hydrogen-bond acceptors (Lipinski definition) is 3. The van der Waals surface area contributed by atoms with E-state index in [0.29, 0.717) is 12.1 Å². The summed E-state index contributed by atoms with van der Waals surface area (Å²) in [7, 11) is 1.59. The second kappa shape index (κ2) is 5.28. The first-order valence-corrected chi connectivity index (χ1v) is 6.01. The minimum absolute atomic E-state index is 0.146. The maximum atomic E-state index is 13.1. The Morgan fingerprint density at radius 1 is 1.40 bits per heavy atom. The molecule has 1 aromatic carbocycles. The van der Waals surface area contributed by atoms with E-state index in [9.17, 15) is 13.6 Å². The van der Waals surface area contributed by atoms with Crippen molar-refractivity contribution in [3.63, 3.8) is 0 Å². The fraction of sp³-hybridized carbons (Fsp3) is 0.231. The molecule has 0 saturated carbocycles. The molecule has 0 radical (unpaired) electrons. The van der Waals surface area contributed by atoms with E-state index in [0.717, 1.165) is 12.1 Å². The van der Waals surface area contributed by atoms with Crippen molar-refractivity contribution < 1.29 is 13.6 Å². The molecule has 1 aromatic heterocycles. The fourth-order valence-corrected chi connectivity index (χ4v) is 1.89. The predicted octanol–water partition coefficient (Wildman–Crippen LogP) is 2.10. The predicted molar refractivity (Wildman–Crippen MR) is 71.3 cm³/mol. The molecule has 0 atom stereocenters. The summed E-state index contributed by atoms with van der Waals surface area (Å²) in [5.74, 6) is -2.53. The van der Waals surface area contributed by atoms with E-state index >= 15 is 0 Å². The van der Waals surface area contributed by atoms with Crippen LogP contribution in [0.3, 0.4) is 0 Å². The number of nitrogens with two attached hydrogens (primary N) is 1. The first-order chi connectivity index (χ1) is 9.43. The van der Waals surface area contributed by atoms with Crippen LogP contribution in [0.4, 0.5) is 20.2 Å². The standard InChI is InChI=1S/C13H14F2N4O/c1-3-10-11(16)12(19(2)18-10)13(20)17-7-4-5-8(14)9(15)6-7/h4-6H,3,16H2,1-2H3,(H,17,20). The number of amides is 1. The lowest BCUT2D eigenvalue weighted by molar-refractivity contribution is 0.101. The van der Waals surface area contributed by atoms with Gasteiger partial charge in [0, 0.05) is 18.8 Å². The molecular weight excluding hydrogens is 266 g/mol. The molecule has 0 fully saturated rings. The van der Waals surface area contributed by atoms with E-state index in [1.165, 1.54) is 10.7 Å². The van der Waals surface area contributed by atoms with Crippen molar-refractivity contribution in [2.45, 2.75) is 13.3 Å². The molecule has 20 heavy (non-hydrogen) atoms. The first-order valence-electron chi connectivity index (χ1n) is 6.01. The monoisotopic (exact) mass is 280 g/mol. The van der Waals surface area contributed by atoms with Crippen LogP contribution in [0, 0.1) is 11.6 Å². The lowest BCUT2D eigenvalue weighted by atomic mass is 10.2. The van der Waals surface area contributed by atoms with E-state index in [1.54, 1.807) is 7.05 Å². The lowest BCUT2D eigenvalue weighted by Crippen LogP contribution is -2.17. The van der Waals surface area contributed by atoms with Crippen molar-refractivity contribution in [2.75, 3.05) is 11.1 Å². The summed E-state index contributed by atoms with van der Waals surface area (Å²) in [5.41, 5.74) is 7.08. The number of halogens is 2. The average molecular weight is 280 g/mol. The largest absolute Gasteiger partial charge is 0.395 e. The van der Waals surface area contributed by atoms with Crippen LogP contribution in [-0.4, -0.2) is 15.7 Å². The molecule has 3 N–H and O–H groups in total. The van der Waals surface area contributed by atoms with Crippen LogP contribution in [0.1, 0.15) is 23.1 Å². The number of rotatable bonds is 3. The minimum atomic E-state index is -1.03. The number of aromatic nitrogens is 2. The molecular formula is C13H14F2N4O. The van der Waals surface area contributed by atoms with Gasteiger partial charge >= 0.3 is 0 Å². The molecule has 7 heteroatoms. The average Bonchev–Trinajstić information content (AvgIpc) is 2.68. The third-order valence-electron chi connectivity index (χ3n) is 2.89. The number of nitrogen functional groups attached to an aromatic ring is 1. The van der Waals surface area contributed by atoms with Gasteiger partial charge in [0.15, 0.2) is 11.6 Å². The first kappa shape index (κ1) is 14.0. The van der Waals surface area contributed by atoms with Gasteiger partial charge < -0.3 is 11.1 Å². The molecule has 2 aromatic rings. The van der Waals surface area contributed by atoms with Crippen LogP contribution in [-0.2, 0) is 13.5 Å². The minimum Gasteiger partial charge on any atom is -0.395 e. The smallest absolute Gasteiger partial charge is 0.276 e. The Bertz CT molecular complexity index is 667. The summed E-state index contributed by atoms with van der Waals surface area (Å²) in [5, 5.41) is 6.58. The molecule has 0 saturated heterocycles. The third kappa shape index (κ3) is 2.47. The van der Waals surface area contributed by atoms with Gasteiger partial charge in [0.1, 0.15) is 5.69 Å². The number of nitrogens with one attached hydrogen (secondary N) is 1. The van der Waals surface area contributed by atoms with Gasteiger partial charge in [-0.3, -0.25) is 9.48 Å². The zero-order valence-corrected chi connectivity index (χ0v) is 11.1. The topological polar surface area (TPSA) is 72.9 Å². The van der Waals surface area contributed by atoms with Crippen molar-refractivity contribution in [2.24, 2.45) is 7.05 Å². The van der Waals surface area contributed by atoms with E-state index in [-0.39, 0.29) is 17.1 Å². The SMILES string of the molecule is CCc1nn(C)c(C(=O)Nc2ccc(F)c(F)c2)c1N. The number of aryl methyl sites for hydroxylation is 2. The molecule has 0 spiro atoms. The molecule has 1 amide bonds. The second-order valence-corrected chi connectivity index (χ2v) is 4.27. The molecule has 2 rings (SSSR count). The molecule has 0 bridgehead atoms. The van der Waals surface area contributed by atoms with E-state index in [4.69, 9.17) is 5.73 Å². The van der Waals surface area contributed by atoms with Gasteiger partial charge in [-0.05, 0) is 18.6 Å². The number of nitrogens with zero attached hydrogens (tertiary/aromatic N) is 2. The Morgan fingerprint density at radius 2 is 2.10 bits per heavy atom. The van der Waals surface area contributed by atoms with E-state index in [1.807, 2.05) is 6.92 Å². The summed E-state index contributed by atoms with van der Waals surface area (Å²) < 4.78 is 27.3. The quantitative estimate of drug-likeness (QED) is 0.904. The number of anilines is 2. The van der Waals surface area contributed by atoms with Gasteiger partial charge in [0.05, 0.1) is 11.4 Å². The van der Waals surface area contributed by atoms with Gasteiger partial charge in [0.2, 0.25) is 0 Å². The highest BCUT2D eigenvalue weighted by atomic mass is 19.2. The van der Waals surface area contributed by atoms with Crippen LogP contribution < -0.4 is 11.1 Å². The highest BCUT2D eigenvalue weighted by Crippen LogP contribution is 2.19. The van der Waals surface area contributed by atoms with Gasteiger partial charge in [-0.25, -0.2) is 8.78 Å². The van der Waals surface area contributed by atoms with E-state index in [2.05, 4.69) is 10.4 Å². The van der Waals surface area contributed by atoms with Crippen molar-refractivity contribution in [3.05, 3.63) is 41.2 Å². The second-order valence-electron chi connectivity index (χ2n) is 4.27. The summed E-state index contributed by atoms with van der Waals surface area (Å²) >= 11 is 0. The maximum Gasteiger partial charge on any atom is 0.276 e. The summed E-state index contributed by atoms with van der Waals surface area (Å²) in [6.07, 6.45) is 0.595. The maximum absolute atomic E-state index is 13.1. The van der Waals surface area contributed by atoms with Crippen LogP contribution in [0.25, 0.3) is 0 Å². The highest BCUT2D eigenvalue weighted by molar-refractivity contribution is 6.06. The number of benzene rings is 1. The zero-order chi connectivity index (χ0) is 14.9. The van der Waals surface area contributed by atoms with Crippen LogP contribution in [0.15, 0.2) is 18.2 Å². The summed E-state index contributed by atoms with van der Waals surface area (Å²) in [4.78, 5) is 12.1. The number of hydrogen-bond donors (Lipinski definition) is 2. The lowest BCUT2D eigenvalue weighted by Gasteiger charge is -2.06. The summed E-state index contributed by atoms with van der Waals surface area (Å²) in [6, 6.07) is 3.11. The molecule has 0 aliphatic heterocycles. The van der Waals surface area contributed by atoms with Gasteiger partial charge in [-0.1, -0.05) is 6.92 Å². The van der Waals surface area contributed by atoms with Crippen LogP contribution in [0.5, 0.6) is 0 Å². The molecule has 0 unspecified atom stereocenters. The Balaban J connectivity index is 2.28. The van der Waals surface area contributed by atoms with Gasteiger partial charge in [-0.2, -0.15) is 5.10 Å². The molecule has 5 nitrogen and oxygen atoms in total. The third-order valence-corrected chi connectivity index (χ3v) is 2.89. The van der Waals surface area contributed by atoms with Crippen molar-refractivity contribution in [1.29, 1.82) is 0 Å². The van der Waals surface area contributed by atoms with Crippen LogP contribution in [0.2, 0.25) is 0 Å². The number of carbonyl (C=O) groups is 1.